The van der Waals surface area contributed by atoms with Crippen LogP contribution in [0.5, 0.6) is 46.0 Å². The molecule has 0 aliphatic carbocycles. The molecule has 0 aliphatic heterocycles. The monoisotopic (exact) mass is 1020 g/mol. The third-order valence-corrected chi connectivity index (χ3v) is 9.40. The highest BCUT2D eigenvalue weighted by molar-refractivity contribution is 5.98. The van der Waals surface area contributed by atoms with Crippen molar-refractivity contribution in [2.75, 3.05) is 58.5 Å². The number of carbonyl (C=O) groups is 5. The molecular formula is C46H45N7O20. The second-order valence-corrected chi connectivity index (χ2v) is 14.0. The van der Waals surface area contributed by atoms with Crippen molar-refractivity contribution < 1.29 is 93.4 Å². The molecule has 0 unspecified atom stereocenters. The Bertz CT molecular complexity index is 3180. The number of methoxy groups -OCH3 is 5. The van der Waals surface area contributed by atoms with Crippen LogP contribution in [0.3, 0.4) is 0 Å². The smallest absolute Gasteiger partial charge is 0.336 e. The Morgan fingerprint density at radius 2 is 0.836 bits per heavy atom. The molecule has 7 aromatic rings. The number of aromatic hydroxyl groups is 3. The van der Waals surface area contributed by atoms with Crippen molar-refractivity contribution in [2.45, 2.75) is 0 Å². The maximum Gasteiger partial charge on any atom is 0.336 e. The summed E-state index contributed by atoms with van der Waals surface area (Å²) in [7, 11) is 6.86. The van der Waals surface area contributed by atoms with Gasteiger partial charge in [0, 0.05) is 18.2 Å². The van der Waals surface area contributed by atoms with Crippen molar-refractivity contribution in [1.82, 2.24) is 9.97 Å². The predicted octanol–water partition coefficient (Wildman–Crippen LogP) is 5.42. The number of benzene rings is 6. The number of fused-ring (bicyclic) bond motifs is 2. The van der Waals surface area contributed by atoms with Gasteiger partial charge in [0.2, 0.25) is 0 Å². The van der Waals surface area contributed by atoms with E-state index in [0.717, 1.165) is 12.1 Å². The molecule has 73 heavy (non-hydrogen) atoms. The molecule has 27 heteroatoms. The van der Waals surface area contributed by atoms with E-state index in [1.807, 2.05) is 0 Å². The molecule has 1 heterocycles. The SMILES string of the molecule is COc1cc(C(=O)O)cc(N)c1N.COc1cc(C(=O)O)cc([N+](=O)[O-])c1N.COc1cc(C(=O)O)cc2nc3cc(O)c(O)cc3nc12.COc1cc(C(=O)O)ccc1N.COc1cc(C(=O)O)ccc1O. The van der Waals surface area contributed by atoms with Gasteiger partial charge in [0.1, 0.15) is 28.5 Å². The number of aromatic carboxylic acids is 5. The fourth-order valence-corrected chi connectivity index (χ4v) is 5.70. The van der Waals surface area contributed by atoms with E-state index < -0.39 is 40.5 Å². The van der Waals surface area contributed by atoms with Gasteiger partial charge >= 0.3 is 29.8 Å². The number of nitro benzene ring substituents is 1. The van der Waals surface area contributed by atoms with Crippen molar-refractivity contribution >= 4 is 80.4 Å². The van der Waals surface area contributed by atoms with Crippen LogP contribution < -0.4 is 46.6 Å². The molecule has 0 fully saturated rings. The summed E-state index contributed by atoms with van der Waals surface area (Å²) >= 11 is 0. The number of nitrogens with two attached hydrogens (primary N) is 4. The zero-order valence-electron chi connectivity index (χ0n) is 38.7. The first kappa shape index (κ1) is 56.6. The number of anilines is 4. The summed E-state index contributed by atoms with van der Waals surface area (Å²) in [5.41, 5.74) is 23.6. The number of hydrogen-bond donors (Lipinski definition) is 12. The molecule has 16 N–H and O–H groups in total. The minimum atomic E-state index is -1.28. The van der Waals surface area contributed by atoms with Gasteiger partial charge in [0.15, 0.2) is 28.7 Å². The lowest BCUT2D eigenvalue weighted by Gasteiger charge is -2.08. The highest BCUT2D eigenvalue weighted by Crippen LogP contribution is 2.34. The van der Waals surface area contributed by atoms with Gasteiger partial charge in [-0.15, -0.1) is 0 Å². The second kappa shape index (κ2) is 25.0. The highest BCUT2D eigenvalue weighted by Gasteiger charge is 2.21. The van der Waals surface area contributed by atoms with Crippen LogP contribution >= 0.6 is 0 Å². The number of phenolic OH excluding ortho intramolecular Hbond substituents is 3. The third kappa shape index (κ3) is 14.6. The fraction of sp³-hybridized carbons (Fsp3) is 0.109. The number of ether oxygens (including phenoxy) is 5. The van der Waals surface area contributed by atoms with Crippen LogP contribution in [0.25, 0.3) is 22.1 Å². The van der Waals surface area contributed by atoms with Crippen LogP contribution in [0.2, 0.25) is 0 Å². The van der Waals surface area contributed by atoms with Crippen LogP contribution in [0.4, 0.5) is 28.4 Å². The summed E-state index contributed by atoms with van der Waals surface area (Å²) in [5.74, 6) is -5.12. The largest absolute Gasteiger partial charge is 0.504 e. The topological polar surface area (TPSA) is 466 Å². The van der Waals surface area contributed by atoms with Crippen LogP contribution in [0.1, 0.15) is 51.8 Å². The fourth-order valence-electron chi connectivity index (χ4n) is 5.70. The number of hydrogen-bond acceptors (Lipinski definition) is 21. The molecule has 0 amide bonds. The van der Waals surface area contributed by atoms with E-state index in [9.17, 15) is 44.3 Å². The maximum atomic E-state index is 11.1. The van der Waals surface area contributed by atoms with Crippen molar-refractivity contribution in [1.29, 1.82) is 0 Å². The number of rotatable bonds is 11. The van der Waals surface area contributed by atoms with E-state index in [0.29, 0.717) is 33.5 Å². The van der Waals surface area contributed by atoms with Gasteiger partial charge in [-0.3, -0.25) is 10.1 Å². The Morgan fingerprint density at radius 1 is 0.438 bits per heavy atom. The van der Waals surface area contributed by atoms with Gasteiger partial charge in [-0.1, -0.05) is 0 Å². The summed E-state index contributed by atoms with van der Waals surface area (Å²) in [4.78, 5) is 71.6. The molecule has 0 radical (unpaired) electrons. The second-order valence-electron chi connectivity index (χ2n) is 14.0. The Morgan fingerprint density at radius 3 is 1.30 bits per heavy atom. The molecule has 384 valence electrons. The molecule has 0 aliphatic rings. The molecular weight excluding hydrogens is 971 g/mol. The lowest BCUT2D eigenvalue weighted by atomic mass is 10.1. The Hall–Kier alpha value is -10.7. The highest BCUT2D eigenvalue weighted by atomic mass is 16.6. The molecule has 6 aromatic carbocycles. The zero-order valence-corrected chi connectivity index (χ0v) is 38.7. The predicted molar refractivity (Wildman–Crippen MR) is 260 cm³/mol. The van der Waals surface area contributed by atoms with Gasteiger partial charge < -0.3 is 87.5 Å². The molecule has 27 nitrogen and oxygen atoms in total. The third-order valence-electron chi connectivity index (χ3n) is 9.40. The first-order valence-corrected chi connectivity index (χ1v) is 19.9. The number of aromatic nitrogens is 2. The van der Waals surface area contributed by atoms with E-state index in [1.165, 1.54) is 108 Å². The van der Waals surface area contributed by atoms with E-state index in [4.69, 9.17) is 77.3 Å². The summed E-state index contributed by atoms with van der Waals surface area (Å²) in [6.07, 6.45) is 0. The average molecular weight is 1020 g/mol. The van der Waals surface area contributed by atoms with Crippen LogP contribution in [0, 0.1) is 10.1 Å². The zero-order chi connectivity index (χ0) is 55.0. The molecule has 0 spiro atoms. The van der Waals surface area contributed by atoms with Gasteiger partial charge in [-0.25, -0.2) is 33.9 Å². The summed E-state index contributed by atoms with van der Waals surface area (Å²) in [6, 6.07) is 18.1. The number of phenols is 3. The minimum absolute atomic E-state index is 0.0241. The standard InChI is InChI=1S/C14H10N2O5.C8H8N2O5.C8H10N2O3.C8H9NO3.C8H8O4/c1-21-12-3-6(14(19)20)2-9-13(12)16-8-5-11(18)10(17)4-7(8)15-9;1-15-6-3-4(8(11)12)2-5(7(6)9)10(13)14;1-13-6-3-4(8(11)12)2-5(9)7(6)10;2*1-12-7-4-5(8(10)11)2-3-6(7)9/h2-5,17-18H,1H3,(H,19,20);2-3H,9H2,1H3,(H,11,12);2-3H,9-10H2,1H3,(H,11,12);2-4H,9H2,1H3,(H,10,11);2-4,9H,1H3,(H,10,11). The van der Waals surface area contributed by atoms with E-state index in [2.05, 4.69) is 9.97 Å². The van der Waals surface area contributed by atoms with Crippen molar-refractivity contribution in [2.24, 2.45) is 0 Å². The Labute approximate surface area is 410 Å². The lowest BCUT2D eigenvalue weighted by Crippen LogP contribution is -2.03. The number of carboxylic acids is 5. The van der Waals surface area contributed by atoms with Crippen molar-refractivity contribution in [3.05, 3.63) is 123 Å². The number of carboxylic acid groups (broad SMARTS) is 5. The Kier molecular flexibility index (Phi) is 19.4. The maximum absolute atomic E-state index is 11.1. The average Bonchev–Trinajstić information content (AvgIpc) is 3.35. The molecule has 0 atom stereocenters. The summed E-state index contributed by atoms with van der Waals surface area (Å²) in [6.45, 7) is 0. The Balaban J connectivity index is 0.000000246. The molecule has 7 rings (SSSR count). The summed E-state index contributed by atoms with van der Waals surface area (Å²) < 4.78 is 24.3. The van der Waals surface area contributed by atoms with Crippen LogP contribution in [0.15, 0.2) is 84.9 Å². The van der Waals surface area contributed by atoms with E-state index in [1.54, 1.807) is 0 Å². The van der Waals surface area contributed by atoms with Crippen molar-refractivity contribution in [3.8, 4) is 46.0 Å². The molecule has 1 aromatic heterocycles. The van der Waals surface area contributed by atoms with Crippen LogP contribution in [-0.4, -0.2) is 121 Å². The lowest BCUT2D eigenvalue weighted by molar-refractivity contribution is -0.384. The number of nitro groups is 1. The van der Waals surface area contributed by atoms with Gasteiger partial charge in [0.05, 0.1) is 102 Å². The van der Waals surface area contributed by atoms with Gasteiger partial charge in [0.25, 0.3) is 5.69 Å². The number of nitrogen functional groups attached to an aromatic ring is 4. The first-order chi connectivity index (χ1) is 34.3. The number of nitrogens with zero attached hydrogens (tertiary/aromatic N) is 3. The molecule has 0 saturated heterocycles. The van der Waals surface area contributed by atoms with Gasteiger partial charge in [-0.2, -0.15) is 0 Å². The van der Waals surface area contributed by atoms with E-state index >= 15 is 0 Å². The quantitative estimate of drug-likeness (QED) is 0.0253. The molecule has 0 bridgehead atoms. The minimum Gasteiger partial charge on any atom is -0.504 e. The van der Waals surface area contributed by atoms with Crippen molar-refractivity contribution in [3.63, 3.8) is 0 Å². The molecule has 0 saturated carbocycles. The summed E-state index contributed by atoms with van der Waals surface area (Å²) in [5, 5.41) is 82.2. The van der Waals surface area contributed by atoms with E-state index in [-0.39, 0.29) is 85.1 Å². The van der Waals surface area contributed by atoms with Crippen LogP contribution in [-0.2, 0) is 0 Å². The normalized spacial score (nSPS) is 9.93. The van der Waals surface area contributed by atoms with Gasteiger partial charge in [-0.05, 0) is 66.7 Å². The first-order valence-electron chi connectivity index (χ1n) is 19.9.